The van der Waals surface area contributed by atoms with E-state index in [9.17, 15) is 9.90 Å². The molecule has 1 aromatic carbocycles. The fraction of sp³-hybridized carbons (Fsp3) is 0.500. The van der Waals surface area contributed by atoms with E-state index < -0.39 is 5.91 Å². The topological polar surface area (TPSA) is 83.9 Å². The van der Waals surface area contributed by atoms with Gasteiger partial charge in [0.15, 0.2) is 5.65 Å². The first-order valence-corrected chi connectivity index (χ1v) is 10.8. The maximum absolute atomic E-state index is 12.6. The number of carbonyl (C=O) groups excluding carboxylic acids is 1. The number of anilines is 1. The average Bonchev–Trinajstić information content (AvgIpc) is 3.22. The summed E-state index contributed by atoms with van der Waals surface area (Å²) in [5.41, 5.74) is 11.4. The fourth-order valence-electron chi connectivity index (χ4n) is 5.37. The predicted octanol–water partition coefficient (Wildman–Crippen LogP) is 3.73. The van der Waals surface area contributed by atoms with Gasteiger partial charge in [0.2, 0.25) is 0 Å². The van der Waals surface area contributed by atoms with E-state index in [1.54, 1.807) is 0 Å². The summed E-state index contributed by atoms with van der Waals surface area (Å²) < 4.78 is 2.16. The van der Waals surface area contributed by atoms with Crippen molar-refractivity contribution in [1.29, 1.82) is 0 Å². The van der Waals surface area contributed by atoms with E-state index in [1.807, 2.05) is 18.2 Å². The van der Waals surface area contributed by atoms with Crippen LogP contribution in [0.3, 0.4) is 0 Å². The number of aromatic nitrogens is 2. The van der Waals surface area contributed by atoms with Crippen LogP contribution in [-0.4, -0.2) is 40.1 Å². The van der Waals surface area contributed by atoms with Crippen molar-refractivity contribution >= 4 is 40.8 Å². The van der Waals surface area contributed by atoms with Crippen LogP contribution in [0.5, 0.6) is 0 Å². The van der Waals surface area contributed by atoms with E-state index >= 15 is 0 Å². The molecule has 0 spiro atoms. The van der Waals surface area contributed by atoms with Crippen molar-refractivity contribution in [3.05, 3.63) is 41.0 Å². The normalized spacial score (nSPS) is 19.4. The average molecular weight is 443 g/mol. The Bertz CT molecular complexity index is 1180. The van der Waals surface area contributed by atoms with Crippen molar-refractivity contribution < 1.29 is 9.90 Å². The Labute approximate surface area is 188 Å². The standard InChI is InChI=1S/C24H30N4O2.ClH/c1-23(2)12-15-16(13-23)22(27-10-8-24(3,14-29)9-11-27)28-18-7-5-4-6-17(18)26-21(28)19(15)20(25)30;/h4-7,29H,8-14H2,1-3H3,(H2,25,30);1H. The van der Waals surface area contributed by atoms with Crippen LogP contribution in [0.25, 0.3) is 16.7 Å². The molecule has 0 radical (unpaired) electrons. The van der Waals surface area contributed by atoms with E-state index in [0.717, 1.165) is 61.2 Å². The zero-order chi connectivity index (χ0) is 21.3. The summed E-state index contributed by atoms with van der Waals surface area (Å²) in [6.07, 6.45) is 3.62. The molecule has 6 nitrogen and oxygen atoms in total. The minimum Gasteiger partial charge on any atom is -0.396 e. The number of nitrogens with zero attached hydrogens (tertiary/aromatic N) is 3. The molecule has 3 aromatic rings. The van der Waals surface area contributed by atoms with E-state index in [4.69, 9.17) is 10.7 Å². The number of aliphatic hydroxyl groups excluding tert-OH is 1. The van der Waals surface area contributed by atoms with Gasteiger partial charge in [0.1, 0.15) is 5.82 Å². The summed E-state index contributed by atoms with van der Waals surface area (Å²) in [5, 5.41) is 9.82. The SMILES string of the molecule is CC1(C)Cc2c(c(N3CCC(C)(CO)CC3)n3c(nc4ccccc43)c2C(N)=O)C1.Cl. The predicted molar refractivity (Wildman–Crippen MR) is 126 cm³/mol. The molecule has 1 aliphatic carbocycles. The zero-order valence-electron chi connectivity index (χ0n) is 18.4. The van der Waals surface area contributed by atoms with Gasteiger partial charge in [0.05, 0.1) is 16.6 Å². The summed E-state index contributed by atoms with van der Waals surface area (Å²) in [6, 6.07) is 8.05. The van der Waals surface area contributed by atoms with Gasteiger partial charge >= 0.3 is 0 Å². The van der Waals surface area contributed by atoms with Gasteiger partial charge in [-0.2, -0.15) is 0 Å². The lowest BCUT2D eigenvalue weighted by Crippen LogP contribution is -2.41. The quantitative estimate of drug-likeness (QED) is 0.647. The molecule has 2 aliphatic rings. The molecule has 3 N–H and O–H groups in total. The van der Waals surface area contributed by atoms with Crippen molar-refractivity contribution in [1.82, 2.24) is 9.38 Å². The Morgan fingerprint density at radius 2 is 1.77 bits per heavy atom. The zero-order valence-corrected chi connectivity index (χ0v) is 19.3. The molecule has 2 aromatic heterocycles. The number of benzene rings is 1. The molecule has 1 fully saturated rings. The monoisotopic (exact) mass is 442 g/mol. The van der Waals surface area contributed by atoms with E-state index in [1.165, 1.54) is 5.56 Å². The van der Waals surface area contributed by atoms with Crippen LogP contribution in [0, 0.1) is 10.8 Å². The first-order valence-electron chi connectivity index (χ1n) is 10.8. The third-order valence-corrected chi connectivity index (χ3v) is 7.14. The maximum Gasteiger partial charge on any atom is 0.252 e. The number of carbonyl (C=O) groups is 1. The molecular weight excluding hydrogens is 412 g/mol. The van der Waals surface area contributed by atoms with Crippen LogP contribution in [0.4, 0.5) is 5.82 Å². The highest BCUT2D eigenvalue weighted by molar-refractivity contribution is 6.04. The highest BCUT2D eigenvalue weighted by atomic mass is 35.5. The molecule has 0 saturated carbocycles. The van der Waals surface area contributed by atoms with Crippen molar-refractivity contribution in [2.45, 2.75) is 46.5 Å². The Kier molecular flexibility index (Phi) is 5.22. The molecule has 0 atom stereocenters. The van der Waals surface area contributed by atoms with Gasteiger partial charge in [-0.25, -0.2) is 4.98 Å². The van der Waals surface area contributed by atoms with Crippen LogP contribution in [-0.2, 0) is 12.8 Å². The summed E-state index contributed by atoms with van der Waals surface area (Å²) in [5.74, 6) is 0.756. The third kappa shape index (κ3) is 3.37. The minimum absolute atomic E-state index is 0. The second-order valence-electron chi connectivity index (χ2n) is 10.3. The second-order valence-corrected chi connectivity index (χ2v) is 10.3. The molecule has 5 rings (SSSR count). The smallest absolute Gasteiger partial charge is 0.252 e. The lowest BCUT2D eigenvalue weighted by atomic mass is 9.81. The van der Waals surface area contributed by atoms with Gasteiger partial charge in [-0.1, -0.05) is 32.9 Å². The highest BCUT2D eigenvalue weighted by Crippen LogP contribution is 2.46. The van der Waals surface area contributed by atoms with Gasteiger partial charge in [-0.15, -0.1) is 12.4 Å². The molecule has 31 heavy (non-hydrogen) atoms. The lowest BCUT2D eigenvalue weighted by molar-refractivity contribution is 0.100. The number of halogens is 1. The number of rotatable bonds is 3. The third-order valence-electron chi connectivity index (χ3n) is 7.14. The lowest BCUT2D eigenvalue weighted by Gasteiger charge is -2.40. The first kappa shape index (κ1) is 21.9. The summed E-state index contributed by atoms with van der Waals surface area (Å²) in [4.78, 5) is 19.9. The molecular formula is C24H31ClN4O2. The van der Waals surface area contributed by atoms with Crippen molar-refractivity contribution in [2.24, 2.45) is 16.6 Å². The Hall–Kier alpha value is -2.31. The number of amides is 1. The molecule has 7 heteroatoms. The Morgan fingerprint density at radius 3 is 2.42 bits per heavy atom. The number of hydrogen-bond acceptors (Lipinski definition) is 4. The second kappa shape index (κ2) is 7.38. The Morgan fingerprint density at radius 1 is 1.13 bits per heavy atom. The van der Waals surface area contributed by atoms with Crippen molar-refractivity contribution in [3.8, 4) is 0 Å². The van der Waals surface area contributed by atoms with E-state index in [2.05, 4.69) is 36.1 Å². The van der Waals surface area contributed by atoms with E-state index in [0.29, 0.717) is 11.2 Å². The summed E-state index contributed by atoms with van der Waals surface area (Å²) in [7, 11) is 0. The van der Waals surface area contributed by atoms with Crippen LogP contribution in [0.1, 0.15) is 55.1 Å². The maximum atomic E-state index is 12.6. The number of piperidine rings is 1. The molecule has 166 valence electrons. The highest BCUT2D eigenvalue weighted by Gasteiger charge is 2.39. The number of hydrogen-bond donors (Lipinski definition) is 2. The van der Waals surface area contributed by atoms with Gasteiger partial charge in [-0.3, -0.25) is 9.20 Å². The molecule has 1 saturated heterocycles. The van der Waals surface area contributed by atoms with Gasteiger partial charge in [0, 0.05) is 19.7 Å². The first-order chi connectivity index (χ1) is 14.2. The number of imidazole rings is 1. The molecule has 3 heterocycles. The van der Waals surface area contributed by atoms with Crippen LogP contribution < -0.4 is 10.6 Å². The number of para-hydroxylation sites is 2. The van der Waals surface area contributed by atoms with Crippen LogP contribution in [0.15, 0.2) is 24.3 Å². The number of fused-ring (bicyclic) bond motifs is 4. The largest absolute Gasteiger partial charge is 0.396 e. The van der Waals surface area contributed by atoms with Crippen LogP contribution in [0.2, 0.25) is 0 Å². The number of aliphatic hydroxyl groups is 1. The molecule has 1 amide bonds. The van der Waals surface area contributed by atoms with Gasteiger partial charge in [0.25, 0.3) is 5.91 Å². The summed E-state index contributed by atoms with van der Waals surface area (Å²) in [6.45, 7) is 8.64. The number of nitrogens with two attached hydrogens (primary N) is 1. The fourth-order valence-corrected chi connectivity index (χ4v) is 5.37. The van der Waals surface area contributed by atoms with Crippen molar-refractivity contribution in [2.75, 3.05) is 24.6 Å². The molecule has 0 bridgehead atoms. The van der Waals surface area contributed by atoms with Crippen LogP contribution >= 0.6 is 12.4 Å². The van der Waals surface area contributed by atoms with Crippen molar-refractivity contribution in [3.63, 3.8) is 0 Å². The minimum atomic E-state index is -0.401. The number of primary amides is 1. The number of pyridine rings is 1. The van der Waals surface area contributed by atoms with Gasteiger partial charge in [-0.05, 0) is 59.8 Å². The van der Waals surface area contributed by atoms with E-state index in [-0.39, 0.29) is 29.8 Å². The Balaban J connectivity index is 0.00000231. The molecule has 1 aliphatic heterocycles. The summed E-state index contributed by atoms with van der Waals surface area (Å²) >= 11 is 0. The van der Waals surface area contributed by atoms with Gasteiger partial charge < -0.3 is 15.7 Å². The molecule has 0 unspecified atom stereocenters.